The Labute approximate surface area is 184 Å². The van der Waals surface area contributed by atoms with E-state index in [9.17, 15) is 4.79 Å². The highest BCUT2D eigenvalue weighted by molar-refractivity contribution is 9.10. The largest absolute Gasteiger partial charge is 0.484 e. The maximum Gasteiger partial charge on any atom is 0.414 e. The van der Waals surface area contributed by atoms with Crippen molar-refractivity contribution < 1.29 is 29.3 Å². The Morgan fingerprint density at radius 1 is 1.00 bits per heavy atom. The average Bonchev–Trinajstić information content (AvgIpc) is 2.75. The van der Waals surface area contributed by atoms with E-state index in [0.29, 0.717) is 0 Å². The van der Waals surface area contributed by atoms with Gasteiger partial charge in [0.25, 0.3) is 5.91 Å². The number of hydrogen-bond acceptors (Lipinski definition) is 5. The number of halogens is 1. The minimum absolute atomic E-state index is 0.0816. The maximum absolute atomic E-state index is 12.3. The van der Waals surface area contributed by atoms with Crippen LogP contribution in [0.5, 0.6) is 5.75 Å². The van der Waals surface area contributed by atoms with Gasteiger partial charge >= 0.3 is 11.9 Å². The third-order valence-corrected chi connectivity index (χ3v) is 5.51. The Morgan fingerprint density at radius 2 is 1.63 bits per heavy atom. The lowest BCUT2D eigenvalue weighted by Gasteiger charge is -2.36. The summed E-state index contributed by atoms with van der Waals surface area (Å²) in [6.45, 7) is 4.86. The normalized spacial score (nSPS) is 18.8. The number of amides is 1. The predicted molar refractivity (Wildman–Crippen MR) is 114 cm³/mol. The van der Waals surface area contributed by atoms with E-state index in [4.69, 9.17) is 24.5 Å². The van der Waals surface area contributed by atoms with Gasteiger partial charge in [0.1, 0.15) is 5.75 Å². The molecule has 3 rings (SSSR count). The van der Waals surface area contributed by atoms with Crippen molar-refractivity contribution in [1.29, 1.82) is 0 Å². The van der Waals surface area contributed by atoms with Gasteiger partial charge in [-0.25, -0.2) is 9.59 Å². The SMILES string of the molecule is O=C(COc1ccc(Br)cc1)N1CCN(CC2CC=CCC2)CC1.O=C(O)C(=O)O. The summed E-state index contributed by atoms with van der Waals surface area (Å²) in [7, 11) is 0. The van der Waals surface area contributed by atoms with Gasteiger partial charge in [-0.05, 0) is 49.4 Å². The number of ether oxygens (including phenoxy) is 1. The number of aliphatic carboxylic acids is 2. The molecule has 1 heterocycles. The van der Waals surface area contributed by atoms with Crippen LogP contribution in [0, 0.1) is 5.92 Å². The summed E-state index contributed by atoms with van der Waals surface area (Å²) in [6.07, 6.45) is 8.33. The van der Waals surface area contributed by atoms with E-state index in [1.54, 1.807) is 0 Å². The number of carboxylic acid groups (broad SMARTS) is 2. The smallest absolute Gasteiger partial charge is 0.414 e. The number of carboxylic acids is 2. The molecule has 2 N–H and O–H groups in total. The van der Waals surface area contributed by atoms with E-state index in [1.807, 2.05) is 29.2 Å². The highest BCUT2D eigenvalue weighted by atomic mass is 79.9. The van der Waals surface area contributed by atoms with Gasteiger partial charge < -0.3 is 19.8 Å². The van der Waals surface area contributed by atoms with Crippen molar-refractivity contribution in [2.24, 2.45) is 5.92 Å². The van der Waals surface area contributed by atoms with Crippen molar-refractivity contribution in [2.75, 3.05) is 39.3 Å². The fourth-order valence-electron chi connectivity index (χ4n) is 3.33. The van der Waals surface area contributed by atoms with Crippen molar-refractivity contribution in [3.05, 3.63) is 40.9 Å². The molecule has 0 saturated carbocycles. The molecule has 1 saturated heterocycles. The Balaban J connectivity index is 0.000000469. The van der Waals surface area contributed by atoms with Crippen molar-refractivity contribution in [3.63, 3.8) is 0 Å². The molecule has 1 unspecified atom stereocenters. The van der Waals surface area contributed by atoms with Gasteiger partial charge in [-0.15, -0.1) is 0 Å². The zero-order chi connectivity index (χ0) is 21.9. The van der Waals surface area contributed by atoms with E-state index in [1.165, 1.54) is 25.8 Å². The van der Waals surface area contributed by atoms with Gasteiger partial charge in [0.15, 0.2) is 6.61 Å². The van der Waals surface area contributed by atoms with E-state index in [-0.39, 0.29) is 12.5 Å². The van der Waals surface area contributed by atoms with Gasteiger partial charge in [-0.3, -0.25) is 9.69 Å². The Morgan fingerprint density at radius 3 is 2.17 bits per heavy atom. The lowest BCUT2D eigenvalue weighted by molar-refractivity contribution is -0.159. The molecule has 0 bridgehead atoms. The standard InChI is InChI=1S/C19H25BrN2O2.C2H2O4/c20-17-6-8-18(9-7-17)24-15-19(23)22-12-10-21(11-13-22)14-16-4-2-1-3-5-16;3-1(4)2(5)6/h1-2,6-9,16H,3-5,10-15H2;(H,3,4)(H,5,6). The highest BCUT2D eigenvalue weighted by Gasteiger charge is 2.23. The molecule has 1 aliphatic carbocycles. The molecule has 0 spiro atoms. The third kappa shape index (κ3) is 8.54. The average molecular weight is 483 g/mol. The molecule has 164 valence electrons. The van der Waals surface area contributed by atoms with E-state index >= 15 is 0 Å². The van der Waals surface area contributed by atoms with Crippen LogP contribution >= 0.6 is 15.9 Å². The third-order valence-electron chi connectivity index (χ3n) is 4.98. The first kappa shape index (κ1) is 23.9. The molecule has 1 aliphatic heterocycles. The first-order chi connectivity index (χ1) is 14.3. The van der Waals surface area contributed by atoms with Crippen LogP contribution in [0.4, 0.5) is 0 Å². The zero-order valence-corrected chi connectivity index (χ0v) is 18.3. The minimum atomic E-state index is -1.82. The van der Waals surface area contributed by atoms with Crippen LogP contribution in [-0.2, 0) is 14.4 Å². The maximum atomic E-state index is 12.3. The summed E-state index contributed by atoms with van der Waals surface area (Å²) in [6, 6.07) is 7.57. The van der Waals surface area contributed by atoms with Crippen molar-refractivity contribution in [2.45, 2.75) is 19.3 Å². The highest BCUT2D eigenvalue weighted by Crippen LogP contribution is 2.20. The van der Waals surface area contributed by atoms with Crippen LogP contribution < -0.4 is 4.74 Å². The molecular formula is C21H27BrN2O6. The fourth-order valence-corrected chi connectivity index (χ4v) is 3.60. The summed E-state index contributed by atoms with van der Waals surface area (Å²) >= 11 is 3.39. The van der Waals surface area contributed by atoms with E-state index < -0.39 is 11.9 Å². The molecule has 1 atom stereocenters. The number of rotatable bonds is 5. The van der Waals surface area contributed by atoms with Crippen molar-refractivity contribution in [1.82, 2.24) is 9.80 Å². The second-order valence-electron chi connectivity index (χ2n) is 7.18. The predicted octanol–water partition coefficient (Wildman–Crippen LogP) is 2.48. The monoisotopic (exact) mass is 482 g/mol. The van der Waals surface area contributed by atoms with Gasteiger partial charge in [0.05, 0.1) is 0 Å². The lowest BCUT2D eigenvalue weighted by atomic mass is 9.94. The summed E-state index contributed by atoms with van der Waals surface area (Å²) in [5.74, 6) is -2.04. The summed E-state index contributed by atoms with van der Waals surface area (Å²) < 4.78 is 6.60. The molecule has 0 radical (unpaired) electrons. The van der Waals surface area contributed by atoms with Gasteiger partial charge in [0.2, 0.25) is 0 Å². The molecule has 1 fully saturated rings. The molecule has 1 aromatic carbocycles. The quantitative estimate of drug-likeness (QED) is 0.490. The molecule has 1 aromatic rings. The number of allylic oxidation sites excluding steroid dienone is 2. The number of carbonyl (C=O) groups excluding carboxylic acids is 1. The van der Waals surface area contributed by atoms with Gasteiger partial charge in [-0.1, -0.05) is 28.1 Å². The van der Waals surface area contributed by atoms with Crippen LogP contribution in [-0.4, -0.2) is 77.2 Å². The molecule has 9 heteroatoms. The van der Waals surface area contributed by atoms with Crippen LogP contribution in [0.1, 0.15) is 19.3 Å². The fraction of sp³-hybridized carbons (Fsp3) is 0.476. The van der Waals surface area contributed by atoms with Crippen LogP contribution in [0.15, 0.2) is 40.9 Å². The number of nitrogens with zero attached hydrogens (tertiary/aromatic N) is 2. The van der Waals surface area contributed by atoms with Crippen LogP contribution in [0.2, 0.25) is 0 Å². The summed E-state index contributed by atoms with van der Waals surface area (Å²) in [5, 5.41) is 14.8. The zero-order valence-electron chi connectivity index (χ0n) is 16.7. The second-order valence-corrected chi connectivity index (χ2v) is 8.10. The first-order valence-electron chi connectivity index (χ1n) is 9.85. The second kappa shape index (κ2) is 12.3. The molecule has 1 amide bonds. The molecule has 30 heavy (non-hydrogen) atoms. The number of piperazine rings is 1. The number of hydrogen-bond donors (Lipinski definition) is 2. The van der Waals surface area contributed by atoms with Crippen molar-refractivity contribution in [3.8, 4) is 5.75 Å². The molecule has 8 nitrogen and oxygen atoms in total. The van der Waals surface area contributed by atoms with Crippen LogP contribution in [0.3, 0.4) is 0 Å². The first-order valence-corrected chi connectivity index (χ1v) is 10.6. The van der Waals surface area contributed by atoms with E-state index in [2.05, 4.69) is 33.0 Å². The molecular weight excluding hydrogens is 456 g/mol. The van der Waals surface area contributed by atoms with Gasteiger partial charge in [0, 0.05) is 37.2 Å². The number of carbonyl (C=O) groups is 3. The number of benzene rings is 1. The summed E-state index contributed by atoms with van der Waals surface area (Å²) in [4.78, 5) is 34.9. The Hall–Kier alpha value is -2.39. The Bertz CT molecular complexity index is 732. The van der Waals surface area contributed by atoms with Gasteiger partial charge in [-0.2, -0.15) is 0 Å². The lowest BCUT2D eigenvalue weighted by Crippen LogP contribution is -2.50. The Kier molecular flexibility index (Phi) is 9.82. The van der Waals surface area contributed by atoms with Crippen LogP contribution in [0.25, 0.3) is 0 Å². The summed E-state index contributed by atoms with van der Waals surface area (Å²) in [5.41, 5.74) is 0. The minimum Gasteiger partial charge on any atom is -0.484 e. The topological polar surface area (TPSA) is 107 Å². The van der Waals surface area contributed by atoms with Crippen molar-refractivity contribution >= 4 is 33.8 Å². The molecule has 0 aromatic heterocycles. The molecule has 2 aliphatic rings. The van der Waals surface area contributed by atoms with E-state index in [0.717, 1.165) is 42.3 Å².